The Morgan fingerprint density at radius 3 is 2.42 bits per heavy atom. The van der Waals surface area contributed by atoms with Crippen LogP contribution in [0.2, 0.25) is 0 Å². The van der Waals surface area contributed by atoms with Crippen LogP contribution in [0.5, 0.6) is 0 Å². The maximum absolute atomic E-state index is 4.76. The van der Waals surface area contributed by atoms with E-state index in [1.807, 2.05) is 11.3 Å². The van der Waals surface area contributed by atoms with Crippen LogP contribution in [-0.4, -0.2) is 24.6 Å². The van der Waals surface area contributed by atoms with E-state index in [0.29, 0.717) is 12.1 Å². The van der Waals surface area contributed by atoms with Crippen LogP contribution in [0.25, 0.3) is 0 Å². The molecule has 0 saturated heterocycles. The predicted molar refractivity (Wildman–Crippen MR) is 86.3 cm³/mol. The van der Waals surface area contributed by atoms with Gasteiger partial charge in [0, 0.05) is 24.0 Å². The summed E-state index contributed by atoms with van der Waals surface area (Å²) in [5.74, 6) is 0. The second-order valence-electron chi connectivity index (χ2n) is 5.20. The van der Waals surface area contributed by atoms with Crippen molar-refractivity contribution in [2.24, 2.45) is 0 Å². The normalized spacial score (nSPS) is 13.0. The third kappa shape index (κ3) is 4.18. The van der Waals surface area contributed by atoms with Crippen LogP contribution in [0.4, 0.5) is 5.13 Å². The van der Waals surface area contributed by atoms with Gasteiger partial charge in [0.25, 0.3) is 0 Å². The highest BCUT2D eigenvalue weighted by Gasteiger charge is 2.19. The topological polar surface area (TPSA) is 28.2 Å². The molecule has 3 nitrogen and oxygen atoms in total. The summed E-state index contributed by atoms with van der Waals surface area (Å²) in [5.41, 5.74) is 1.17. The van der Waals surface area contributed by atoms with Gasteiger partial charge in [0.05, 0.1) is 5.69 Å². The molecule has 110 valence electrons. The third-order valence-corrected chi connectivity index (χ3v) is 5.14. The van der Waals surface area contributed by atoms with E-state index in [1.165, 1.54) is 29.8 Å². The number of anilines is 1. The summed E-state index contributed by atoms with van der Waals surface area (Å²) in [6.45, 7) is 12.1. The minimum absolute atomic E-state index is 0.404. The average molecular weight is 283 g/mol. The van der Waals surface area contributed by atoms with Crippen molar-refractivity contribution in [1.82, 2.24) is 10.3 Å². The minimum Gasteiger partial charge on any atom is -0.348 e. The van der Waals surface area contributed by atoms with Gasteiger partial charge in [0.2, 0.25) is 0 Å². The smallest absolute Gasteiger partial charge is 0.185 e. The molecular weight excluding hydrogens is 254 g/mol. The van der Waals surface area contributed by atoms with Crippen LogP contribution in [0.3, 0.4) is 0 Å². The van der Waals surface area contributed by atoms with Crippen molar-refractivity contribution >= 4 is 16.5 Å². The van der Waals surface area contributed by atoms with Gasteiger partial charge in [-0.1, -0.05) is 20.8 Å². The number of rotatable bonds is 8. The summed E-state index contributed by atoms with van der Waals surface area (Å²) in [5, 5.41) is 4.71. The van der Waals surface area contributed by atoms with E-state index in [9.17, 15) is 0 Å². The van der Waals surface area contributed by atoms with Gasteiger partial charge >= 0.3 is 0 Å². The molecule has 0 fully saturated rings. The summed E-state index contributed by atoms with van der Waals surface area (Å²) < 4.78 is 0. The second kappa shape index (κ2) is 7.85. The van der Waals surface area contributed by atoms with Gasteiger partial charge in [-0.15, -0.1) is 11.3 Å². The van der Waals surface area contributed by atoms with Crippen LogP contribution in [-0.2, 0) is 0 Å². The van der Waals surface area contributed by atoms with Crippen molar-refractivity contribution in [2.45, 2.75) is 66.0 Å². The van der Waals surface area contributed by atoms with E-state index in [2.05, 4.69) is 51.9 Å². The number of thiazole rings is 1. The van der Waals surface area contributed by atoms with Crippen LogP contribution in [0.15, 0.2) is 0 Å². The van der Waals surface area contributed by atoms with E-state index in [4.69, 9.17) is 4.98 Å². The van der Waals surface area contributed by atoms with Crippen molar-refractivity contribution < 1.29 is 0 Å². The first kappa shape index (κ1) is 16.4. The van der Waals surface area contributed by atoms with Gasteiger partial charge in [-0.25, -0.2) is 4.98 Å². The highest BCUT2D eigenvalue weighted by Crippen LogP contribution is 2.31. The SMILES string of the molecule is CCCNC(C)c1sc(N(C)C(CC)CC)nc1C. The van der Waals surface area contributed by atoms with E-state index < -0.39 is 0 Å². The molecule has 0 bridgehead atoms. The molecule has 0 amide bonds. The standard InChI is InChI=1S/C15H29N3S/c1-7-10-16-11(4)14-12(5)17-15(19-14)18(6)13(8-2)9-3/h11,13,16H,7-10H2,1-6H3. The fourth-order valence-corrected chi connectivity index (χ4v) is 3.52. The van der Waals surface area contributed by atoms with E-state index in [0.717, 1.165) is 11.7 Å². The van der Waals surface area contributed by atoms with Gasteiger partial charge in [-0.05, 0) is 39.7 Å². The van der Waals surface area contributed by atoms with Gasteiger partial charge in [0.1, 0.15) is 0 Å². The largest absolute Gasteiger partial charge is 0.348 e. The molecule has 0 spiro atoms. The zero-order valence-electron chi connectivity index (χ0n) is 13.3. The third-order valence-electron chi connectivity index (χ3n) is 3.71. The Balaban J connectivity index is 2.83. The Kier molecular flexibility index (Phi) is 6.80. The number of hydrogen-bond donors (Lipinski definition) is 1. The van der Waals surface area contributed by atoms with E-state index >= 15 is 0 Å². The highest BCUT2D eigenvalue weighted by molar-refractivity contribution is 7.15. The van der Waals surface area contributed by atoms with Crippen molar-refractivity contribution in [3.63, 3.8) is 0 Å². The Morgan fingerprint density at radius 2 is 1.89 bits per heavy atom. The fourth-order valence-electron chi connectivity index (χ4n) is 2.39. The van der Waals surface area contributed by atoms with Gasteiger partial charge in [-0.2, -0.15) is 0 Å². The number of aromatic nitrogens is 1. The quantitative estimate of drug-likeness (QED) is 0.777. The summed E-state index contributed by atoms with van der Waals surface area (Å²) in [6.07, 6.45) is 3.51. The molecule has 19 heavy (non-hydrogen) atoms. The highest BCUT2D eigenvalue weighted by atomic mass is 32.1. The average Bonchev–Trinajstić information content (AvgIpc) is 2.79. The van der Waals surface area contributed by atoms with Gasteiger partial charge in [-0.3, -0.25) is 0 Å². The van der Waals surface area contributed by atoms with E-state index in [-0.39, 0.29) is 0 Å². The molecule has 1 aromatic heterocycles. The van der Waals surface area contributed by atoms with Crippen molar-refractivity contribution in [3.05, 3.63) is 10.6 Å². The summed E-state index contributed by atoms with van der Waals surface area (Å²) >= 11 is 1.84. The molecule has 4 heteroatoms. The molecule has 1 heterocycles. The molecule has 0 aliphatic heterocycles. The first-order valence-electron chi connectivity index (χ1n) is 7.48. The Labute approximate surface area is 122 Å². The molecule has 0 aliphatic carbocycles. The summed E-state index contributed by atoms with van der Waals surface area (Å²) in [7, 11) is 2.17. The maximum Gasteiger partial charge on any atom is 0.185 e. The Bertz CT molecular complexity index is 371. The lowest BCUT2D eigenvalue weighted by atomic mass is 10.1. The molecule has 0 saturated carbocycles. The number of nitrogens with zero attached hydrogens (tertiary/aromatic N) is 2. The molecular formula is C15H29N3S. The van der Waals surface area contributed by atoms with Crippen LogP contribution in [0.1, 0.15) is 63.6 Å². The monoisotopic (exact) mass is 283 g/mol. The number of hydrogen-bond acceptors (Lipinski definition) is 4. The lowest BCUT2D eigenvalue weighted by Gasteiger charge is -2.25. The van der Waals surface area contributed by atoms with Crippen molar-refractivity contribution in [1.29, 1.82) is 0 Å². The minimum atomic E-state index is 0.404. The molecule has 1 N–H and O–H groups in total. The van der Waals surface area contributed by atoms with E-state index in [1.54, 1.807) is 0 Å². The number of aryl methyl sites for hydroxylation is 1. The summed E-state index contributed by atoms with van der Waals surface area (Å²) in [6, 6.07) is 0.999. The molecule has 1 atom stereocenters. The lowest BCUT2D eigenvalue weighted by molar-refractivity contribution is 0.575. The van der Waals surface area contributed by atoms with Crippen molar-refractivity contribution in [3.8, 4) is 0 Å². The first-order chi connectivity index (χ1) is 9.04. The van der Waals surface area contributed by atoms with Crippen molar-refractivity contribution in [2.75, 3.05) is 18.5 Å². The predicted octanol–water partition coefficient (Wildman–Crippen LogP) is 4.14. The molecule has 0 aliphatic rings. The van der Waals surface area contributed by atoms with Gasteiger partial charge < -0.3 is 10.2 Å². The van der Waals surface area contributed by atoms with Crippen LogP contribution < -0.4 is 10.2 Å². The zero-order valence-corrected chi connectivity index (χ0v) is 14.1. The Morgan fingerprint density at radius 1 is 1.26 bits per heavy atom. The molecule has 1 aromatic rings. The molecule has 0 radical (unpaired) electrons. The molecule has 1 unspecified atom stereocenters. The molecule has 0 aromatic carbocycles. The first-order valence-corrected chi connectivity index (χ1v) is 8.30. The zero-order chi connectivity index (χ0) is 14.4. The maximum atomic E-state index is 4.76. The number of nitrogens with one attached hydrogen (secondary N) is 1. The van der Waals surface area contributed by atoms with Gasteiger partial charge in [0.15, 0.2) is 5.13 Å². The second-order valence-corrected chi connectivity index (χ2v) is 6.21. The fraction of sp³-hybridized carbons (Fsp3) is 0.800. The summed E-state index contributed by atoms with van der Waals surface area (Å²) in [4.78, 5) is 8.48. The van der Waals surface area contributed by atoms with Crippen LogP contribution >= 0.6 is 11.3 Å². The Hall–Kier alpha value is -0.610. The molecule has 1 rings (SSSR count). The lowest BCUT2D eigenvalue weighted by Crippen LogP contribution is -2.30. The van der Waals surface area contributed by atoms with Crippen LogP contribution in [0, 0.1) is 6.92 Å².